The third-order valence-electron chi connectivity index (χ3n) is 3.31. The maximum Gasteiger partial charge on any atom is 0.206 e. The smallest absolute Gasteiger partial charge is 0.206 e. The Morgan fingerprint density at radius 3 is 2.90 bits per heavy atom. The molecule has 1 aliphatic heterocycles. The third-order valence-corrected chi connectivity index (χ3v) is 5.42. The Hall–Kier alpha value is -1.21. The van der Waals surface area contributed by atoms with Crippen molar-refractivity contribution >= 4 is 32.9 Å². The molecule has 0 amide bonds. The second-order valence-electron chi connectivity index (χ2n) is 4.89. The number of nitrogens with one attached hydrogen (secondary N) is 1. The van der Waals surface area contributed by atoms with Crippen LogP contribution in [0.1, 0.15) is 32.6 Å². The largest absolute Gasteiger partial charge is 0.360 e. The van der Waals surface area contributed by atoms with Gasteiger partial charge in [-0.3, -0.25) is 0 Å². The Labute approximate surface area is 127 Å². The van der Waals surface area contributed by atoms with Crippen LogP contribution in [-0.4, -0.2) is 34.8 Å². The Bertz CT molecular complexity index is 544. The Morgan fingerprint density at radius 2 is 2.10 bits per heavy atom. The predicted octanol–water partition coefficient (Wildman–Crippen LogP) is 3.47. The average molecular weight is 309 g/mol. The minimum atomic E-state index is 0.907. The number of rotatable bonds is 6. The van der Waals surface area contributed by atoms with Gasteiger partial charge in [0.25, 0.3) is 0 Å². The van der Waals surface area contributed by atoms with Crippen LogP contribution in [0.3, 0.4) is 0 Å². The van der Waals surface area contributed by atoms with E-state index >= 15 is 0 Å². The molecule has 2 aromatic heterocycles. The van der Waals surface area contributed by atoms with Gasteiger partial charge < -0.3 is 10.2 Å². The maximum atomic E-state index is 4.52. The molecule has 3 heterocycles. The van der Waals surface area contributed by atoms with E-state index in [9.17, 15) is 0 Å². The molecule has 0 atom stereocenters. The SMILES string of the molecule is CCCCNc1nnc(-c2cnc(N3CCCC3)s2)s1. The van der Waals surface area contributed by atoms with Crippen molar-refractivity contribution in [2.75, 3.05) is 29.9 Å². The van der Waals surface area contributed by atoms with Crippen LogP contribution in [0.5, 0.6) is 0 Å². The number of nitrogens with zero attached hydrogens (tertiary/aromatic N) is 4. The summed E-state index contributed by atoms with van der Waals surface area (Å²) in [5.74, 6) is 0. The Morgan fingerprint density at radius 1 is 1.25 bits per heavy atom. The van der Waals surface area contributed by atoms with E-state index in [1.54, 1.807) is 22.7 Å². The topological polar surface area (TPSA) is 53.9 Å². The minimum absolute atomic E-state index is 0.907. The first kappa shape index (κ1) is 13.8. The monoisotopic (exact) mass is 309 g/mol. The molecule has 20 heavy (non-hydrogen) atoms. The second kappa shape index (κ2) is 6.49. The first-order chi connectivity index (χ1) is 9.86. The maximum absolute atomic E-state index is 4.52. The van der Waals surface area contributed by atoms with Gasteiger partial charge in [-0.25, -0.2) is 4.98 Å². The zero-order valence-electron chi connectivity index (χ0n) is 11.6. The fraction of sp³-hybridized carbons (Fsp3) is 0.615. The zero-order chi connectivity index (χ0) is 13.8. The highest BCUT2D eigenvalue weighted by molar-refractivity contribution is 7.25. The highest BCUT2D eigenvalue weighted by Gasteiger charge is 2.17. The predicted molar refractivity (Wildman–Crippen MR) is 85.9 cm³/mol. The number of hydrogen-bond acceptors (Lipinski definition) is 7. The van der Waals surface area contributed by atoms with Gasteiger partial charge in [0, 0.05) is 19.6 Å². The van der Waals surface area contributed by atoms with Crippen LogP contribution < -0.4 is 10.2 Å². The highest BCUT2D eigenvalue weighted by Crippen LogP contribution is 2.35. The fourth-order valence-corrected chi connectivity index (χ4v) is 3.96. The van der Waals surface area contributed by atoms with Crippen molar-refractivity contribution < 1.29 is 0 Å². The fourth-order valence-electron chi connectivity index (χ4n) is 2.18. The Kier molecular flexibility index (Phi) is 4.47. The average Bonchev–Trinajstić information content (AvgIpc) is 3.19. The summed E-state index contributed by atoms with van der Waals surface area (Å²) in [6.45, 7) is 5.41. The van der Waals surface area contributed by atoms with E-state index in [-0.39, 0.29) is 0 Å². The molecule has 7 heteroatoms. The van der Waals surface area contributed by atoms with E-state index in [1.807, 2.05) is 6.20 Å². The summed E-state index contributed by atoms with van der Waals surface area (Å²) in [5, 5.41) is 14.8. The summed E-state index contributed by atoms with van der Waals surface area (Å²) in [6.07, 6.45) is 6.83. The Balaban J connectivity index is 1.66. The standard InChI is InChI=1S/C13H19N5S2/c1-2-3-6-14-12-17-16-11(20-12)10-9-15-13(19-10)18-7-4-5-8-18/h9H,2-8H2,1H3,(H,14,17). The van der Waals surface area contributed by atoms with Gasteiger partial charge in [0.1, 0.15) is 0 Å². The van der Waals surface area contributed by atoms with Gasteiger partial charge in [0.2, 0.25) is 5.13 Å². The first-order valence-electron chi connectivity index (χ1n) is 7.15. The van der Waals surface area contributed by atoms with Crippen molar-refractivity contribution in [3.05, 3.63) is 6.20 Å². The minimum Gasteiger partial charge on any atom is -0.360 e. The molecule has 3 rings (SSSR count). The summed E-state index contributed by atoms with van der Waals surface area (Å²) < 4.78 is 0. The van der Waals surface area contributed by atoms with E-state index in [2.05, 4.69) is 32.3 Å². The molecule has 1 aliphatic rings. The van der Waals surface area contributed by atoms with Gasteiger partial charge in [0.05, 0.1) is 11.1 Å². The molecular formula is C13H19N5S2. The number of hydrogen-bond donors (Lipinski definition) is 1. The van der Waals surface area contributed by atoms with Crippen molar-refractivity contribution in [3.63, 3.8) is 0 Å². The van der Waals surface area contributed by atoms with E-state index in [0.29, 0.717) is 0 Å². The lowest BCUT2D eigenvalue weighted by Crippen LogP contribution is -2.16. The molecule has 1 saturated heterocycles. The van der Waals surface area contributed by atoms with Gasteiger partial charge in [-0.05, 0) is 19.3 Å². The van der Waals surface area contributed by atoms with Crippen molar-refractivity contribution in [1.29, 1.82) is 0 Å². The van der Waals surface area contributed by atoms with E-state index < -0.39 is 0 Å². The van der Waals surface area contributed by atoms with Crippen LogP contribution in [0.4, 0.5) is 10.3 Å². The quantitative estimate of drug-likeness (QED) is 0.828. The molecule has 1 N–H and O–H groups in total. The summed E-state index contributed by atoms with van der Waals surface area (Å²) in [6, 6.07) is 0. The summed E-state index contributed by atoms with van der Waals surface area (Å²) >= 11 is 3.33. The summed E-state index contributed by atoms with van der Waals surface area (Å²) in [5.41, 5.74) is 0. The van der Waals surface area contributed by atoms with Crippen LogP contribution in [0.15, 0.2) is 6.20 Å². The molecular weight excluding hydrogens is 290 g/mol. The number of aromatic nitrogens is 3. The van der Waals surface area contributed by atoms with Crippen LogP contribution >= 0.6 is 22.7 Å². The molecule has 0 spiro atoms. The van der Waals surface area contributed by atoms with Crippen molar-refractivity contribution in [2.24, 2.45) is 0 Å². The number of thiazole rings is 1. The van der Waals surface area contributed by atoms with Crippen LogP contribution in [-0.2, 0) is 0 Å². The van der Waals surface area contributed by atoms with Crippen molar-refractivity contribution in [3.8, 4) is 9.88 Å². The number of unbranched alkanes of at least 4 members (excludes halogenated alkanes) is 1. The second-order valence-corrected chi connectivity index (χ2v) is 6.88. The highest BCUT2D eigenvalue weighted by atomic mass is 32.1. The van der Waals surface area contributed by atoms with Crippen molar-refractivity contribution in [1.82, 2.24) is 15.2 Å². The third kappa shape index (κ3) is 3.09. The molecule has 5 nitrogen and oxygen atoms in total. The molecule has 0 aromatic carbocycles. The van der Waals surface area contributed by atoms with E-state index in [0.717, 1.165) is 46.2 Å². The lowest BCUT2D eigenvalue weighted by atomic mass is 10.3. The first-order valence-corrected chi connectivity index (χ1v) is 8.78. The molecule has 2 aromatic rings. The lowest BCUT2D eigenvalue weighted by molar-refractivity contribution is 0.831. The van der Waals surface area contributed by atoms with Crippen molar-refractivity contribution in [2.45, 2.75) is 32.6 Å². The van der Waals surface area contributed by atoms with Crippen LogP contribution in [0.25, 0.3) is 9.88 Å². The molecule has 0 aliphatic carbocycles. The van der Waals surface area contributed by atoms with Gasteiger partial charge >= 0.3 is 0 Å². The molecule has 1 fully saturated rings. The van der Waals surface area contributed by atoms with E-state index in [1.165, 1.54) is 19.3 Å². The van der Waals surface area contributed by atoms with Gasteiger partial charge in [-0.1, -0.05) is 36.0 Å². The summed E-state index contributed by atoms with van der Waals surface area (Å²) in [4.78, 5) is 8.00. The van der Waals surface area contributed by atoms with Crippen LogP contribution in [0.2, 0.25) is 0 Å². The zero-order valence-corrected chi connectivity index (χ0v) is 13.3. The summed E-state index contributed by atoms with van der Waals surface area (Å²) in [7, 11) is 0. The molecule has 0 radical (unpaired) electrons. The molecule has 0 saturated carbocycles. The van der Waals surface area contributed by atoms with Crippen LogP contribution in [0, 0.1) is 0 Å². The molecule has 108 valence electrons. The number of anilines is 2. The molecule has 0 bridgehead atoms. The lowest BCUT2D eigenvalue weighted by Gasteiger charge is -2.11. The van der Waals surface area contributed by atoms with Gasteiger partial charge in [0.15, 0.2) is 10.1 Å². The van der Waals surface area contributed by atoms with Gasteiger partial charge in [-0.2, -0.15) is 0 Å². The van der Waals surface area contributed by atoms with E-state index in [4.69, 9.17) is 0 Å². The molecule has 0 unspecified atom stereocenters. The van der Waals surface area contributed by atoms with Gasteiger partial charge in [-0.15, -0.1) is 10.2 Å². The normalized spacial score (nSPS) is 14.9.